The van der Waals surface area contributed by atoms with E-state index in [0.29, 0.717) is 31.5 Å². The first-order valence-corrected chi connectivity index (χ1v) is 7.62. The van der Waals surface area contributed by atoms with Crippen LogP contribution >= 0.6 is 0 Å². The molecule has 0 radical (unpaired) electrons. The highest BCUT2D eigenvalue weighted by molar-refractivity contribution is 5.86. The topological polar surface area (TPSA) is 80.3 Å². The van der Waals surface area contributed by atoms with E-state index in [0.717, 1.165) is 19.3 Å². The summed E-state index contributed by atoms with van der Waals surface area (Å²) in [6.45, 7) is 9.75. The average Bonchev–Trinajstić information content (AvgIpc) is 2.41. The van der Waals surface area contributed by atoms with E-state index in [2.05, 4.69) is 9.98 Å². The summed E-state index contributed by atoms with van der Waals surface area (Å²) < 4.78 is 5.38. The van der Waals surface area contributed by atoms with Gasteiger partial charge in [-0.2, -0.15) is 0 Å². The molecule has 0 aromatic rings. The maximum Gasteiger partial charge on any atom is 0.410 e. The first-order valence-electron chi connectivity index (χ1n) is 7.62. The van der Waals surface area contributed by atoms with E-state index in [1.165, 1.54) is 0 Å². The van der Waals surface area contributed by atoms with Crippen LogP contribution in [-0.4, -0.2) is 48.4 Å². The number of carbonyl (C=O) groups excluding carboxylic acids is 1. The smallest absolute Gasteiger partial charge is 0.410 e. The molecule has 0 aromatic carbocycles. The second kappa shape index (κ2) is 8.00. The zero-order chi connectivity index (χ0) is 15.9. The quantitative estimate of drug-likeness (QED) is 0.641. The summed E-state index contributed by atoms with van der Waals surface area (Å²) in [5.41, 5.74) is 5.25. The van der Waals surface area contributed by atoms with Crippen molar-refractivity contribution in [2.75, 3.05) is 19.6 Å². The number of ether oxygens (including phenoxy) is 1. The van der Waals surface area contributed by atoms with E-state index >= 15 is 0 Å². The molecule has 1 aliphatic rings. The lowest BCUT2D eigenvalue weighted by Crippen LogP contribution is -2.42. The van der Waals surface area contributed by atoms with Crippen molar-refractivity contribution < 1.29 is 9.53 Å². The van der Waals surface area contributed by atoms with E-state index in [-0.39, 0.29) is 6.09 Å². The van der Waals surface area contributed by atoms with Gasteiger partial charge < -0.3 is 15.4 Å². The fraction of sp³-hybridized carbons (Fsp3) is 0.800. The van der Waals surface area contributed by atoms with E-state index in [1.54, 1.807) is 11.1 Å². The summed E-state index contributed by atoms with van der Waals surface area (Å²) in [5.74, 6) is 0.797. The predicted molar refractivity (Wildman–Crippen MR) is 85.8 cm³/mol. The lowest BCUT2D eigenvalue weighted by Gasteiger charge is -2.32. The summed E-state index contributed by atoms with van der Waals surface area (Å²) in [7, 11) is 0. The van der Waals surface area contributed by atoms with Gasteiger partial charge in [0.05, 0.1) is 0 Å². The number of amides is 1. The monoisotopic (exact) mass is 296 g/mol. The molecule has 0 atom stereocenters. The van der Waals surface area contributed by atoms with Gasteiger partial charge in [0.15, 0.2) is 0 Å². The van der Waals surface area contributed by atoms with Crippen molar-refractivity contribution in [3.05, 3.63) is 0 Å². The Labute approximate surface area is 127 Å². The van der Waals surface area contributed by atoms with E-state index in [1.807, 2.05) is 27.7 Å². The third kappa shape index (κ3) is 7.11. The highest BCUT2D eigenvalue weighted by Gasteiger charge is 2.26. The Balaban J connectivity index is 2.35. The van der Waals surface area contributed by atoms with Crippen molar-refractivity contribution in [3.63, 3.8) is 0 Å². The summed E-state index contributed by atoms with van der Waals surface area (Å²) in [6.07, 6.45) is 4.23. The normalized spacial score (nSPS) is 18.3. The number of hydrogen-bond acceptors (Lipinski definition) is 3. The molecule has 1 fully saturated rings. The van der Waals surface area contributed by atoms with Crippen LogP contribution in [0.4, 0.5) is 4.79 Å². The second-order valence-electron chi connectivity index (χ2n) is 6.33. The van der Waals surface area contributed by atoms with Gasteiger partial charge in [-0.25, -0.2) is 9.79 Å². The zero-order valence-electron chi connectivity index (χ0n) is 13.6. The van der Waals surface area contributed by atoms with Gasteiger partial charge in [-0.1, -0.05) is 6.92 Å². The maximum atomic E-state index is 11.9. The molecule has 0 saturated carbocycles. The number of piperidine rings is 1. The molecule has 1 heterocycles. The molecule has 1 saturated heterocycles. The molecule has 1 amide bonds. The summed E-state index contributed by atoms with van der Waals surface area (Å²) in [5, 5.41) is 0. The van der Waals surface area contributed by atoms with Gasteiger partial charge in [0, 0.05) is 25.8 Å². The number of nitrogens with zero attached hydrogens (tertiary/aromatic N) is 3. The molecule has 120 valence electrons. The summed E-state index contributed by atoms with van der Waals surface area (Å²) in [4.78, 5) is 22.0. The Bertz CT molecular complexity index is 391. The highest BCUT2D eigenvalue weighted by atomic mass is 16.6. The molecule has 0 aromatic heterocycles. The van der Waals surface area contributed by atoms with Gasteiger partial charge >= 0.3 is 6.09 Å². The Morgan fingerprint density at radius 1 is 1.38 bits per heavy atom. The Morgan fingerprint density at radius 3 is 2.52 bits per heavy atom. The molecule has 0 unspecified atom stereocenters. The fourth-order valence-electron chi connectivity index (χ4n) is 2.07. The number of rotatable bonds is 3. The van der Waals surface area contributed by atoms with Crippen LogP contribution in [0.25, 0.3) is 0 Å². The highest BCUT2D eigenvalue weighted by Crippen LogP contribution is 2.19. The minimum atomic E-state index is -0.441. The molecule has 0 spiro atoms. The third-order valence-corrected chi connectivity index (χ3v) is 3.18. The van der Waals surface area contributed by atoms with Crippen molar-refractivity contribution in [1.82, 2.24) is 4.90 Å². The lowest BCUT2D eigenvalue weighted by molar-refractivity contribution is 0.0187. The predicted octanol–water partition coefficient (Wildman–Crippen LogP) is 2.43. The number of guanidine groups is 1. The molecule has 0 aliphatic carbocycles. The van der Waals surface area contributed by atoms with Crippen LogP contribution in [0.5, 0.6) is 0 Å². The third-order valence-electron chi connectivity index (χ3n) is 3.18. The van der Waals surface area contributed by atoms with Crippen molar-refractivity contribution in [3.8, 4) is 0 Å². The van der Waals surface area contributed by atoms with Crippen LogP contribution in [0.2, 0.25) is 0 Å². The minimum Gasteiger partial charge on any atom is -0.444 e. The van der Waals surface area contributed by atoms with Crippen LogP contribution in [0.15, 0.2) is 9.98 Å². The van der Waals surface area contributed by atoms with Gasteiger partial charge in [-0.3, -0.25) is 4.99 Å². The molecule has 1 aliphatic heterocycles. The van der Waals surface area contributed by atoms with Crippen LogP contribution in [-0.2, 0) is 4.74 Å². The number of likely N-dealkylation sites (tertiary alicyclic amines) is 1. The van der Waals surface area contributed by atoms with Gasteiger partial charge in [0.1, 0.15) is 5.60 Å². The first-order chi connectivity index (χ1) is 9.81. The van der Waals surface area contributed by atoms with E-state index in [4.69, 9.17) is 10.5 Å². The zero-order valence-corrected chi connectivity index (χ0v) is 13.6. The standard InChI is InChI=1S/C15H28N4O2/c1-5-8-17-13(16)18-11-12-6-9-19(10-7-12)14(20)21-15(2,3)4/h8,12H,5-7,9-11H2,1-4H3,(H2,16,18)/b17-8-. The van der Waals surface area contributed by atoms with Gasteiger partial charge in [0.25, 0.3) is 0 Å². The van der Waals surface area contributed by atoms with Gasteiger partial charge in [-0.15, -0.1) is 0 Å². The van der Waals surface area contributed by atoms with Crippen LogP contribution < -0.4 is 5.73 Å². The molecular weight excluding hydrogens is 268 g/mol. The fourth-order valence-corrected chi connectivity index (χ4v) is 2.07. The first kappa shape index (κ1) is 17.5. The van der Waals surface area contributed by atoms with Gasteiger partial charge in [-0.05, 0) is 46.0 Å². The molecular formula is C15H28N4O2. The Kier molecular flexibility index (Phi) is 6.65. The van der Waals surface area contributed by atoms with Crippen LogP contribution in [0, 0.1) is 5.92 Å². The molecule has 2 N–H and O–H groups in total. The van der Waals surface area contributed by atoms with E-state index in [9.17, 15) is 4.79 Å². The van der Waals surface area contributed by atoms with Gasteiger partial charge in [0.2, 0.25) is 5.96 Å². The largest absolute Gasteiger partial charge is 0.444 e. The SMILES string of the molecule is CC/C=N\C(N)=NCC1CCN(C(=O)OC(C)(C)C)CC1. The van der Waals surface area contributed by atoms with Crippen LogP contribution in [0.1, 0.15) is 47.0 Å². The van der Waals surface area contributed by atoms with Crippen molar-refractivity contribution in [1.29, 1.82) is 0 Å². The Hall–Kier alpha value is -1.59. The number of nitrogens with two attached hydrogens (primary N) is 1. The Morgan fingerprint density at radius 2 is 2.00 bits per heavy atom. The average molecular weight is 296 g/mol. The molecule has 6 heteroatoms. The van der Waals surface area contributed by atoms with Crippen molar-refractivity contribution in [2.24, 2.45) is 21.6 Å². The molecule has 21 heavy (non-hydrogen) atoms. The summed E-state index contributed by atoms with van der Waals surface area (Å²) >= 11 is 0. The van der Waals surface area contributed by atoms with Crippen LogP contribution in [0.3, 0.4) is 0 Å². The number of hydrogen-bond donors (Lipinski definition) is 1. The lowest BCUT2D eigenvalue weighted by atomic mass is 9.97. The maximum absolute atomic E-state index is 11.9. The molecule has 1 rings (SSSR count). The second-order valence-corrected chi connectivity index (χ2v) is 6.33. The number of carbonyl (C=O) groups is 1. The van der Waals surface area contributed by atoms with Crippen molar-refractivity contribution >= 4 is 18.3 Å². The van der Waals surface area contributed by atoms with Crippen molar-refractivity contribution in [2.45, 2.75) is 52.6 Å². The van der Waals surface area contributed by atoms with E-state index < -0.39 is 5.60 Å². The minimum absolute atomic E-state index is 0.225. The summed E-state index contributed by atoms with van der Waals surface area (Å²) in [6, 6.07) is 0. The molecule has 0 bridgehead atoms. The number of aliphatic imine (C=N–C) groups is 2. The molecule has 6 nitrogen and oxygen atoms in total.